The number of carbonyl (C=O) groups excluding carboxylic acids is 1. The molecule has 2 aromatic rings. The molecule has 1 unspecified atom stereocenters. The zero-order valence-electron chi connectivity index (χ0n) is 16.8. The molecule has 0 radical (unpaired) electrons. The molecule has 1 aromatic carbocycles. The SMILES string of the molecule is CC1(C)CC(C(=O)N2CCC(c3ccnc(-c4ccccc4)n3)CC2)CCO1. The lowest BCUT2D eigenvalue weighted by molar-refractivity contribution is -0.146. The highest BCUT2D eigenvalue weighted by Crippen LogP contribution is 2.33. The number of carbonyl (C=O) groups is 1. The van der Waals surface area contributed by atoms with Crippen molar-refractivity contribution in [3.8, 4) is 11.4 Å². The van der Waals surface area contributed by atoms with Crippen LogP contribution in [0.25, 0.3) is 11.4 Å². The minimum atomic E-state index is -0.189. The Kier molecular flexibility index (Phi) is 5.44. The summed E-state index contributed by atoms with van der Waals surface area (Å²) < 4.78 is 5.77. The topological polar surface area (TPSA) is 55.3 Å². The predicted octanol–water partition coefficient (Wildman–Crippen LogP) is 4.05. The molecule has 0 bridgehead atoms. The van der Waals surface area contributed by atoms with Gasteiger partial charge in [-0.25, -0.2) is 9.97 Å². The summed E-state index contributed by atoms with van der Waals surface area (Å²) in [7, 11) is 0. The molecule has 2 fully saturated rings. The number of rotatable bonds is 3. The van der Waals surface area contributed by atoms with Gasteiger partial charge in [0.1, 0.15) is 0 Å². The van der Waals surface area contributed by atoms with E-state index in [1.807, 2.05) is 42.6 Å². The van der Waals surface area contributed by atoms with E-state index in [0.717, 1.165) is 55.9 Å². The third-order valence-electron chi connectivity index (χ3n) is 5.98. The highest BCUT2D eigenvalue weighted by molar-refractivity contribution is 5.79. The van der Waals surface area contributed by atoms with Crippen LogP contribution in [0.4, 0.5) is 0 Å². The number of piperidine rings is 1. The fraction of sp³-hybridized carbons (Fsp3) is 0.522. The normalized spacial score (nSPS) is 22.8. The number of hydrogen-bond acceptors (Lipinski definition) is 4. The molecule has 3 heterocycles. The first-order chi connectivity index (χ1) is 13.5. The Morgan fingerprint density at radius 3 is 2.57 bits per heavy atom. The van der Waals surface area contributed by atoms with E-state index in [9.17, 15) is 4.79 Å². The second kappa shape index (κ2) is 8.00. The fourth-order valence-corrected chi connectivity index (χ4v) is 4.42. The van der Waals surface area contributed by atoms with Gasteiger partial charge in [-0.15, -0.1) is 0 Å². The summed E-state index contributed by atoms with van der Waals surface area (Å²) in [4.78, 5) is 24.3. The molecule has 0 spiro atoms. The minimum Gasteiger partial charge on any atom is -0.376 e. The predicted molar refractivity (Wildman–Crippen MR) is 109 cm³/mol. The highest BCUT2D eigenvalue weighted by atomic mass is 16.5. The van der Waals surface area contributed by atoms with Crippen molar-refractivity contribution in [2.45, 2.75) is 51.0 Å². The molecule has 148 valence electrons. The Bertz CT molecular complexity index is 814. The van der Waals surface area contributed by atoms with Crippen molar-refractivity contribution in [3.05, 3.63) is 48.3 Å². The second-order valence-electron chi connectivity index (χ2n) is 8.57. The van der Waals surface area contributed by atoms with Crippen molar-refractivity contribution in [3.63, 3.8) is 0 Å². The van der Waals surface area contributed by atoms with E-state index in [-0.39, 0.29) is 11.5 Å². The van der Waals surface area contributed by atoms with Crippen molar-refractivity contribution >= 4 is 5.91 Å². The third kappa shape index (κ3) is 4.25. The average Bonchev–Trinajstić information content (AvgIpc) is 2.73. The van der Waals surface area contributed by atoms with Gasteiger partial charge in [-0.1, -0.05) is 30.3 Å². The maximum Gasteiger partial charge on any atom is 0.225 e. The summed E-state index contributed by atoms with van der Waals surface area (Å²) in [5.41, 5.74) is 1.94. The maximum atomic E-state index is 13.0. The lowest BCUT2D eigenvalue weighted by Gasteiger charge is -2.39. The van der Waals surface area contributed by atoms with Crippen LogP contribution in [0.15, 0.2) is 42.6 Å². The number of nitrogens with zero attached hydrogens (tertiary/aromatic N) is 3. The smallest absolute Gasteiger partial charge is 0.225 e. The quantitative estimate of drug-likeness (QED) is 0.807. The van der Waals surface area contributed by atoms with Crippen LogP contribution in [0.5, 0.6) is 0 Å². The van der Waals surface area contributed by atoms with Gasteiger partial charge >= 0.3 is 0 Å². The van der Waals surface area contributed by atoms with Gasteiger partial charge in [-0.2, -0.15) is 0 Å². The van der Waals surface area contributed by atoms with Gasteiger partial charge in [0.15, 0.2) is 5.82 Å². The summed E-state index contributed by atoms with van der Waals surface area (Å²) in [6.07, 6.45) is 5.44. The van der Waals surface area contributed by atoms with Crippen LogP contribution in [0.1, 0.15) is 51.1 Å². The Morgan fingerprint density at radius 2 is 1.86 bits per heavy atom. The molecular weight excluding hydrogens is 350 g/mol. The molecular formula is C23H29N3O2. The molecule has 0 saturated carbocycles. The van der Waals surface area contributed by atoms with Gasteiger partial charge in [0.05, 0.1) is 5.60 Å². The zero-order chi connectivity index (χ0) is 19.6. The summed E-state index contributed by atoms with van der Waals surface area (Å²) in [5, 5.41) is 0. The van der Waals surface area contributed by atoms with Crippen LogP contribution >= 0.6 is 0 Å². The molecule has 2 saturated heterocycles. The second-order valence-corrected chi connectivity index (χ2v) is 8.57. The minimum absolute atomic E-state index is 0.101. The Hall–Kier alpha value is -2.27. The van der Waals surface area contributed by atoms with Gasteiger partial charge in [0, 0.05) is 49.0 Å². The highest BCUT2D eigenvalue weighted by Gasteiger charge is 2.36. The van der Waals surface area contributed by atoms with Gasteiger partial charge in [-0.05, 0) is 45.6 Å². The summed E-state index contributed by atoms with van der Waals surface area (Å²) in [6.45, 7) is 6.47. The van der Waals surface area contributed by atoms with Crippen LogP contribution in [-0.2, 0) is 9.53 Å². The van der Waals surface area contributed by atoms with Crippen molar-refractivity contribution in [2.24, 2.45) is 5.92 Å². The average molecular weight is 380 g/mol. The molecule has 2 aliphatic heterocycles. The Balaban J connectivity index is 1.39. The summed E-state index contributed by atoms with van der Waals surface area (Å²) in [5.74, 6) is 1.58. The van der Waals surface area contributed by atoms with Crippen molar-refractivity contribution in [1.82, 2.24) is 14.9 Å². The molecule has 0 aliphatic carbocycles. The van der Waals surface area contributed by atoms with Crippen LogP contribution in [0, 0.1) is 5.92 Å². The van der Waals surface area contributed by atoms with E-state index < -0.39 is 0 Å². The van der Waals surface area contributed by atoms with Crippen LogP contribution in [-0.4, -0.2) is 46.1 Å². The van der Waals surface area contributed by atoms with Crippen molar-refractivity contribution in [2.75, 3.05) is 19.7 Å². The number of benzene rings is 1. The van der Waals surface area contributed by atoms with Gasteiger partial charge in [0.25, 0.3) is 0 Å². The van der Waals surface area contributed by atoms with E-state index >= 15 is 0 Å². The lowest BCUT2D eigenvalue weighted by Crippen LogP contribution is -2.46. The molecule has 28 heavy (non-hydrogen) atoms. The number of aromatic nitrogens is 2. The Morgan fingerprint density at radius 1 is 1.11 bits per heavy atom. The molecule has 1 amide bonds. The van der Waals surface area contributed by atoms with E-state index in [1.165, 1.54) is 0 Å². The summed E-state index contributed by atoms with van der Waals surface area (Å²) >= 11 is 0. The number of ether oxygens (including phenoxy) is 1. The van der Waals surface area contributed by atoms with Crippen molar-refractivity contribution < 1.29 is 9.53 Å². The lowest BCUT2D eigenvalue weighted by atomic mass is 9.86. The molecule has 1 atom stereocenters. The number of likely N-dealkylation sites (tertiary alicyclic amines) is 1. The van der Waals surface area contributed by atoms with E-state index in [1.54, 1.807) is 0 Å². The molecule has 0 N–H and O–H groups in total. The number of amides is 1. The van der Waals surface area contributed by atoms with Crippen molar-refractivity contribution in [1.29, 1.82) is 0 Å². The molecule has 1 aromatic heterocycles. The largest absolute Gasteiger partial charge is 0.376 e. The first-order valence-corrected chi connectivity index (χ1v) is 10.3. The fourth-order valence-electron chi connectivity index (χ4n) is 4.42. The molecule has 4 rings (SSSR count). The molecule has 2 aliphatic rings. The first-order valence-electron chi connectivity index (χ1n) is 10.3. The third-order valence-corrected chi connectivity index (χ3v) is 5.98. The molecule has 5 nitrogen and oxygen atoms in total. The van der Waals surface area contributed by atoms with E-state index in [0.29, 0.717) is 18.4 Å². The monoisotopic (exact) mass is 379 g/mol. The number of hydrogen-bond donors (Lipinski definition) is 0. The summed E-state index contributed by atoms with van der Waals surface area (Å²) in [6, 6.07) is 12.1. The molecule has 5 heteroatoms. The van der Waals surface area contributed by atoms with Crippen LogP contribution < -0.4 is 0 Å². The zero-order valence-corrected chi connectivity index (χ0v) is 16.8. The van der Waals surface area contributed by atoms with E-state index in [4.69, 9.17) is 9.72 Å². The van der Waals surface area contributed by atoms with E-state index in [2.05, 4.69) is 23.7 Å². The van der Waals surface area contributed by atoms with Crippen LogP contribution in [0.3, 0.4) is 0 Å². The maximum absolute atomic E-state index is 13.0. The van der Waals surface area contributed by atoms with Gasteiger partial charge in [-0.3, -0.25) is 4.79 Å². The Labute approximate surface area is 167 Å². The standard InChI is InChI=1S/C23H29N3O2/c1-23(2)16-19(11-15-28-23)22(27)26-13-9-17(10-14-26)20-8-12-24-21(25-20)18-6-4-3-5-7-18/h3-8,12,17,19H,9-11,13-16H2,1-2H3. The first kappa shape index (κ1) is 19.1. The van der Waals surface area contributed by atoms with Crippen LogP contribution in [0.2, 0.25) is 0 Å². The van der Waals surface area contributed by atoms with Gasteiger partial charge in [0.2, 0.25) is 5.91 Å². The van der Waals surface area contributed by atoms with Gasteiger partial charge < -0.3 is 9.64 Å².